The first-order valence-corrected chi connectivity index (χ1v) is 11.7. The summed E-state index contributed by atoms with van der Waals surface area (Å²) >= 11 is 0. The van der Waals surface area contributed by atoms with E-state index in [-0.39, 0.29) is 19.3 Å². The van der Waals surface area contributed by atoms with Gasteiger partial charge in [0.2, 0.25) is 17.7 Å². The van der Waals surface area contributed by atoms with E-state index in [1.807, 2.05) is 24.3 Å². The highest BCUT2D eigenvalue weighted by Crippen LogP contribution is 2.19. The summed E-state index contributed by atoms with van der Waals surface area (Å²) in [4.78, 5) is 70.8. The Morgan fingerprint density at radius 2 is 1.63 bits per heavy atom. The highest BCUT2D eigenvalue weighted by atomic mass is 16.4. The van der Waals surface area contributed by atoms with Gasteiger partial charge in [-0.05, 0) is 18.1 Å². The van der Waals surface area contributed by atoms with E-state index in [0.29, 0.717) is 11.3 Å². The van der Waals surface area contributed by atoms with Crippen LogP contribution < -0.4 is 21.7 Å². The molecular weight excluding hydrogens is 498 g/mol. The third-order valence-electron chi connectivity index (χ3n) is 5.81. The zero-order valence-corrected chi connectivity index (χ0v) is 20.3. The Hall–Kier alpha value is -4.72. The second-order valence-electron chi connectivity index (χ2n) is 8.56. The van der Waals surface area contributed by atoms with Gasteiger partial charge in [-0.15, -0.1) is 0 Å². The summed E-state index contributed by atoms with van der Waals surface area (Å²) in [5, 5.41) is 26.9. The molecule has 3 aromatic rings. The molecule has 0 fully saturated rings. The van der Waals surface area contributed by atoms with Gasteiger partial charge in [-0.3, -0.25) is 19.2 Å². The number of hydrogen-bond acceptors (Lipinski definition) is 7. The Labute approximate surface area is 216 Å². The molecule has 2 aromatic heterocycles. The topological polar surface area (TPSA) is 232 Å². The number of hydrogen-bond donors (Lipinski definition) is 8. The third-order valence-corrected chi connectivity index (χ3v) is 5.81. The van der Waals surface area contributed by atoms with Crippen molar-refractivity contribution in [3.63, 3.8) is 0 Å². The minimum atomic E-state index is -1.32. The van der Waals surface area contributed by atoms with Gasteiger partial charge in [0, 0.05) is 48.3 Å². The van der Waals surface area contributed by atoms with Crippen LogP contribution in [0.2, 0.25) is 0 Å². The quantitative estimate of drug-likeness (QED) is 0.129. The van der Waals surface area contributed by atoms with Crippen LogP contribution in [0.25, 0.3) is 10.9 Å². The lowest BCUT2D eigenvalue weighted by Crippen LogP contribution is -2.57. The predicted octanol–water partition coefficient (Wildman–Crippen LogP) is -0.961. The fourth-order valence-corrected chi connectivity index (χ4v) is 3.88. The van der Waals surface area contributed by atoms with Crippen molar-refractivity contribution < 1.29 is 34.2 Å². The molecule has 0 bridgehead atoms. The number of rotatable bonds is 14. The summed E-state index contributed by atoms with van der Waals surface area (Å²) in [6.45, 7) is -0.428. The van der Waals surface area contributed by atoms with Crippen LogP contribution >= 0.6 is 0 Å². The van der Waals surface area contributed by atoms with E-state index in [9.17, 15) is 29.1 Å². The van der Waals surface area contributed by atoms with Crippen molar-refractivity contribution in [1.29, 1.82) is 0 Å². The molecule has 3 atom stereocenters. The highest BCUT2D eigenvalue weighted by molar-refractivity contribution is 5.94. The highest BCUT2D eigenvalue weighted by Gasteiger charge is 2.30. The van der Waals surface area contributed by atoms with Crippen LogP contribution in [0.1, 0.15) is 24.1 Å². The van der Waals surface area contributed by atoms with Crippen LogP contribution in [0.5, 0.6) is 0 Å². The molecule has 3 unspecified atom stereocenters. The number of nitrogens with two attached hydrogens (primary N) is 1. The predicted molar refractivity (Wildman–Crippen MR) is 134 cm³/mol. The Balaban J connectivity index is 1.78. The largest absolute Gasteiger partial charge is 0.481 e. The van der Waals surface area contributed by atoms with Crippen LogP contribution in [0.15, 0.2) is 43.0 Å². The van der Waals surface area contributed by atoms with Gasteiger partial charge in [-0.1, -0.05) is 18.2 Å². The number of carbonyl (C=O) groups excluding carboxylic acids is 3. The van der Waals surface area contributed by atoms with E-state index < -0.39 is 60.8 Å². The summed E-state index contributed by atoms with van der Waals surface area (Å²) in [6, 6.07) is 3.46. The molecule has 202 valence electrons. The average Bonchev–Trinajstić information content (AvgIpc) is 3.55. The summed E-state index contributed by atoms with van der Waals surface area (Å²) in [6.07, 6.45) is 3.71. The van der Waals surface area contributed by atoms with Crippen LogP contribution in [-0.2, 0) is 36.8 Å². The van der Waals surface area contributed by atoms with E-state index in [4.69, 9.17) is 10.8 Å². The number of nitrogens with zero attached hydrogens (tertiary/aromatic N) is 1. The van der Waals surface area contributed by atoms with E-state index in [1.165, 1.54) is 12.5 Å². The third kappa shape index (κ3) is 7.64. The number of fused-ring (bicyclic) bond motifs is 1. The van der Waals surface area contributed by atoms with Crippen LogP contribution in [0.4, 0.5) is 0 Å². The van der Waals surface area contributed by atoms with E-state index in [0.717, 1.165) is 10.9 Å². The summed E-state index contributed by atoms with van der Waals surface area (Å²) in [5.74, 6) is -4.75. The number of aromatic amines is 2. The van der Waals surface area contributed by atoms with Gasteiger partial charge in [0.15, 0.2) is 0 Å². The van der Waals surface area contributed by atoms with Crippen molar-refractivity contribution in [1.82, 2.24) is 30.9 Å². The van der Waals surface area contributed by atoms with Gasteiger partial charge in [-0.2, -0.15) is 0 Å². The van der Waals surface area contributed by atoms with Gasteiger partial charge in [-0.25, -0.2) is 9.78 Å². The molecule has 0 aliphatic rings. The Kier molecular flexibility index (Phi) is 9.54. The normalized spacial score (nSPS) is 13.3. The van der Waals surface area contributed by atoms with Gasteiger partial charge in [0.25, 0.3) is 0 Å². The number of H-pyrrole nitrogens is 2. The lowest BCUT2D eigenvalue weighted by Gasteiger charge is -2.24. The van der Waals surface area contributed by atoms with Gasteiger partial charge >= 0.3 is 11.9 Å². The van der Waals surface area contributed by atoms with E-state index >= 15 is 0 Å². The minimum absolute atomic E-state index is 0.0242. The molecule has 38 heavy (non-hydrogen) atoms. The van der Waals surface area contributed by atoms with E-state index in [2.05, 4.69) is 30.9 Å². The zero-order chi connectivity index (χ0) is 27.7. The number of imidazole rings is 1. The number of amides is 3. The van der Waals surface area contributed by atoms with Crippen molar-refractivity contribution in [2.45, 2.75) is 43.8 Å². The molecule has 3 rings (SSSR count). The van der Waals surface area contributed by atoms with Crippen molar-refractivity contribution in [3.05, 3.63) is 54.2 Å². The molecule has 0 spiro atoms. The molecule has 9 N–H and O–H groups in total. The van der Waals surface area contributed by atoms with Crippen molar-refractivity contribution in [2.75, 3.05) is 6.54 Å². The fourth-order valence-electron chi connectivity index (χ4n) is 3.88. The van der Waals surface area contributed by atoms with Crippen LogP contribution in [-0.4, -0.2) is 79.5 Å². The summed E-state index contributed by atoms with van der Waals surface area (Å²) < 4.78 is 0. The minimum Gasteiger partial charge on any atom is -0.481 e. The van der Waals surface area contributed by atoms with Crippen LogP contribution in [0, 0.1) is 0 Å². The molecule has 2 heterocycles. The number of nitrogens with one attached hydrogen (secondary N) is 5. The molecule has 14 heteroatoms. The van der Waals surface area contributed by atoms with Gasteiger partial charge < -0.3 is 41.9 Å². The Morgan fingerprint density at radius 1 is 0.921 bits per heavy atom. The number of carbonyl (C=O) groups is 5. The molecule has 0 aliphatic heterocycles. The zero-order valence-electron chi connectivity index (χ0n) is 20.3. The molecule has 0 saturated heterocycles. The average molecular weight is 528 g/mol. The number of aliphatic carboxylic acids is 2. The maximum atomic E-state index is 13.2. The summed E-state index contributed by atoms with van der Waals surface area (Å²) in [7, 11) is 0. The lowest BCUT2D eigenvalue weighted by molar-refractivity contribution is -0.142. The molecule has 3 amide bonds. The number of aromatic nitrogens is 3. The monoisotopic (exact) mass is 527 g/mol. The Morgan fingerprint density at radius 3 is 2.29 bits per heavy atom. The van der Waals surface area contributed by atoms with Gasteiger partial charge in [0.1, 0.15) is 18.1 Å². The molecular formula is C24H29N7O7. The fraction of sp³-hybridized carbons (Fsp3) is 0.333. The molecule has 1 aromatic carbocycles. The van der Waals surface area contributed by atoms with Crippen molar-refractivity contribution in [2.24, 2.45) is 5.73 Å². The number of benzene rings is 1. The molecule has 0 saturated carbocycles. The standard InChI is InChI=1S/C24H29N7O7/c25-9-20(32)29-17(5-6-21(33)34)22(35)30-18(8-14-11-26-12-28-14)23(36)31-19(24(37)38)7-13-10-27-16-4-2-1-3-15(13)16/h1-4,10-12,17-19,27H,5-9,25H2,(H,26,28)(H,29,32)(H,30,35)(H,31,36)(H,33,34)(H,37,38). The SMILES string of the molecule is NCC(=O)NC(CCC(=O)O)C(=O)NC(Cc1cnc[nH]1)C(=O)NC(Cc1c[nH]c2ccccc12)C(=O)O. The first-order chi connectivity index (χ1) is 18.2. The smallest absolute Gasteiger partial charge is 0.326 e. The first-order valence-electron chi connectivity index (χ1n) is 11.7. The van der Waals surface area contributed by atoms with Gasteiger partial charge in [0.05, 0.1) is 12.9 Å². The molecule has 0 aliphatic carbocycles. The second-order valence-corrected chi connectivity index (χ2v) is 8.56. The lowest BCUT2D eigenvalue weighted by atomic mass is 10.0. The second kappa shape index (κ2) is 13.0. The van der Waals surface area contributed by atoms with Crippen molar-refractivity contribution in [3.8, 4) is 0 Å². The number of carboxylic acid groups (broad SMARTS) is 2. The van der Waals surface area contributed by atoms with Crippen molar-refractivity contribution >= 4 is 40.6 Å². The molecule has 14 nitrogen and oxygen atoms in total. The summed E-state index contributed by atoms with van der Waals surface area (Å²) in [5.41, 5.74) is 7.27. The first kappa shape index (κ1) is 27.9. The van der Waals surface area contributed by atoms with Crippen LogP contribution in [0.3, 0.4) is 0 Å². The maximum absolute atomic E-state index is 13.2. The van der Waals surface area contributed by atoms with E-state index in [1.54, 1.807) is 6.20 Å². The Bertz CT molecular complexity index is 1290. The molecule has 0 radical (unpaired) electrons. The maximum Gasteiger partial charge on any atom is 0.326 e. The number of para-hydroxylation sites is 1. The number of carboxylic acids is 2.